The Labute approximate surface area is 82.3 Å². The van der Waals surface area contributed by atoms with Crippen molar-refractivity contribution in [1.82, 2.24) is 4.90 Å². The average Bonchev–Trinajstić information content (AvgIpc) is 2.57. The maximum Gasteiger partial charge on any atom is 0.159 e. The largest absolute Gasteiger partial charge is 0.299 e. The van der Waals surface area contributed by atoms with Gasteiger partial charge in [0.25, 0.3) is 0 Å². The van der Waals surface area contributed by atoms with Crippen molar-refractivity contribution in [3.05, 3.63) is 35.4 Å². The number of nitrogens with zero attached hydrogens (tertiary/aromatic N) is 1. The van der Waals surface area contributed by atoms with Crippen molar-refractivity contribution in [3.63, 3.8) is 0 Å². The number of halogens is 2. The van der Waals surface area contributed by atoms with Crippen LogP contribution in [-0.4, -0.2) is 18.5 Å². The minimum atomic E-state index is -0.769. The van der Waals surface area contributed by atoms with Gasteiger partial charge >= 0.3 is 0 Å². The van der Waals surface area contributed by atoms with Crippen LogP contribution in [0.1, 0.15) is 24.4 Å². The normalized spacial score (nSPS) is 22.9. The molecule has 0 aromatic heterocycles. The second-order valence-corrected chi connectivity index (χ2v) is 3.81. The van der Waals surface area contributed by atoms with Crippen LogP contribution < -0.4 is 0 Å². The summed E-state index contributed by atoms with van der Waals surface area (Å²) in [5, 5.41) is 0. The average molecular weight is 197 g/mol. The Bertz CT molecular complexity index is 338. The zero-order valence-electron chi connectivity index (χ0n) is 8.13. The van der Waals surface area contributed by atoms with E-state index in [1.807, 2.05) is 7.05 Å². The summed E-state index contributed by atoms with van der Waals surface area (Å²) in [6, 6.07) is 4.44. The predicted molar refractivity (Wildman–Crippen MR) is 51.0 cm³/mol. The van der Waals surface area contributed by atoms with Gasteiger partial charge in [0.05, 0.1) is 0 Å². The quantitative estimate of drug-likeness (QED) is 0.669. The minimum absolute atomic E-state index is 0.255. The summed E-state index contributed by atoms with van der Waals surface area (Å²) >= 11 is 0. The molecule has 0 N–H and O–H groups in total. The molecule has 0 spiro atoms. The molecule has 1 fully saturated rings. The highest BCUT2D eigenvalue weighted by Gasteiger charge is 2.23. The maximum atomic E-state index is 13.0. The minimum Gasteiger partial charge on any atom is -0.299 e. The first-order chi connectivity index (χ1) is 6.68. The van der Waals surface area contributed by atoms with Gasteiger partial charge in [0, 0.05) is 6.04 Å². The Hall–Kier alpha value is -0.960. The molecule has 0 amide bonds. The van der Waals surface area contributed by atoms with Crippen LogP contribution in [0.3, 0.4) is 0 Å². The van der Waals surface area contributed by atoms with E-state index in [4.69, 9.17) is 0 Å². The highest BCUT2D eigenvalue weighted by atomic mass is 19.2. The molecule has 0 saturated carbocycles. The van der Waals surface area contributed by atoms with E-state index in [0.29, 0.717) is 0 Å². The molecule has 1 aromatic carbocycles. The third-order valence-corrected chi connectivity index (χ3v) is 2.85. The fourth-order valence-electron chi connectivity index (χ4n) is 2.05. The van der Waals surface area contributed by atoms with Crippen LogP contribution in [0.5, 0.6) is 0 Å². The molecular weight excluding hydrogens is 184 g/mol. The molecule has 14 heavy (non-hydrogen) atoms. The summed E-state index contributed by atoms with van der Waals surface area (Å²) in [5.74, 6) is -1.52. The monoisotopic (exact) mass is 197 g/mol. The standard InChI is InChI=1S/C11H13F2N/c1-14-6-2-3-11(14)8-4-5-9(12)10(13)7-8/h4-5,7,11H,2-3,6H2,1H3. The molecule has 0 bridgehead atoms. The highest BCUT2D eigenvalue weighted by molar-refractivity contribution is 5.22. The molecule has 1 nitrogen and oxygen atoms in total. The smallest absolute Gasteiger partial charge is 0.159 e. The number of rotatable bonds is 1. The molecule has 76 valence electrons. The fourth-order valence-corrected chi connectivity index (χ4v) is 2.05. The van der Waals surface area contributed by atoms with E-state index < -0.39 is 11.6 Å². The van der Waals surface area contributed by atoms with Crippen LogP contribution in [0.15, 0.2) is 18.2 Å². The van der Waals surface area contributed by atoms with Gasteiger partial charge in [-0.05, 0) is 44.1 Å². The third-order valence-electron chi connectivity index (χ3n) is 2.85. The first-order valence-electron chi connectivity index (χ1n) is 4.83. The third kappa shape index (κ3) is 1.64. The van der Waals surface area contributed by atoms with E-state index in [2.05, 4.69) is 4.90 Å². The SMILES string of the molecule is CN1CCCC1c1ccc(F)c(F)c1. The molecule has 1 aliphatic rings. The van der Waals surface area contributed by atoms with Gasteiger partial charge in [0.1, 0.15) is 0 Å². The molecule has 0 aliphatic carbocycles. The van der Waals surface area contributed by atoms with Crippen LogP contribution in [0.4, 0.5) is 8.78 Å². The van der Waals surface area contributed by atoms with Crippen molar-refractivity contribution < 1.29 is 8.78 Å². The molecule has 1 aliphatic heterocycles. The summed E-state index contributed by atoms with van der Waals surface area (Å²) < 4.78 is 25.7. The summed E-state index contributed by atoms with van der Waals surface area (Å²) in [4.78, 5) is 2.17. The summed E-state index contributed by atoms with van der Waals surface area (Å²) in [7, 11) is 2.01. The zero-order valence-corrected chi connectivity index (χ0v) is 8.13. The summed E-state index contributed by atoms with van der Waals surface area (Å²) in [6.07, 6.45) is 2.15. The molecular formula is C11H13F2N. The lowest BCUT2D eigenvalue weighted by atomic mass is 10.0. The number of likely N-dealkylation sites (tertiary alicyclic amines) is 1. The molecule has 3 heteroatoms. The van der Waals surface area contributed by atoms with Crippen LogP contribution in [0, 0.1) is 11.6 Å². The highest BCUT2D eigenvalue weighted by Crippen LogP contribution is 2.30. The van der Waals surface area contributed by atoms with E-state index in [1.54, 1.807) is 6.07 Å². The molecule has 1 aromatic rings. The van der Waals surface area contributed by atoms with Gasteiger partial charge in [0.15, 0.2) is 11.6 Å². The van der Waals surface area contributed by atoms with Crippen molar-refractivity contribution in [3.8, 4) is 0 Å². The lowest BCUT2D eigenvalue weighted by Gasteiger charge is -2.19. The van der Waals surface area contributed by atoms with Crippen LogP contribution >= 0.6 is 0 Å². The van der Waals surface area contributed by atoms with E-state index in [9.17, 15) is 8.78 Å². The summed E-state index contributed by atoms with van der Waals surface area (Å²) in [6.45, 7) is 1.03. The van der Waals surface area contributed by atoms with E-state index in [-0.39, 0.29) is 6.04 Å². The number of benzene rings is 1. The first-order valence-corrected chi connectivity index (χ1v) is 4.83. The Morgan fingerprint density at radius 1 is 1.29 bits per heavy atom. The van der Waals surface area contributed by atoms with Gasteiger partial charge in [-0.2, -0.15) is 0 Å². The molecule has 1 unspecified atom stereocenters. The van der Waals surface area contributed by atoms with Gasteiger partial charge < -0.3 is 0 Å². The molecule has 1 atom stereocenters. The first kappa shape index (κ1) is 9.59. The van der Waals surface area contributed by atoms with Gasteiger partial charge in [-0.15, -0.1) is 0 Å². The van der Waals surface area contributed by atoms with E-state index in [1.165, 1.54) is 12.1 Å². The molecule has 2 rings (SSSR count). The van der Waals surface area contributed by atoms with Gasteiger partial charge in [-0.25, -0.2) is 8.78 Å². The van der Waals surface area contributed by atoms with Crippen LogP contribution in [0.25, 0.3) is 0 Å². The van der Waals surface area contributed by atoms with Gasteiger partial charge in [0.2, 0.25) is 0 Å². The second-order valence-electron chi connectivity index (χ2n) is 3.81. The fraction of sp³-hybridized carbons (Fsp3) is 0.455. The Kier molecular flexibility index (Phi) is 2.50. The van der Waals surface area contributed by atoms with Crippen molar-refractivity contribution in [2.75, 3.05) is 13.6 Å². The Morgan fingerprint density at radius 3 is 2.64 bits per heavy atom. The number of hydrogen-bond donors (Lipinski definition) is 0. The van der Waals surface area contributed by atoms with Crippen LogP contribution in [0.2, 0.25) is 0 Å². The lowest BCUT2D eigenvalue weighted by molar-refractivity contribution is 0.316. The predicted octanol–water partition coefficient (Wildman–Crippen LogP) is 2.73. The topological polar surface area (TPSA) is 3.24 Å². The van der Waals surface area contributed by atoms with Crippen molar-refractivity contribution in [1.29, 1.82) is 0 Å². The van der Waals surface area contributed by atoms with Crippen molar-refractivity contribution >= 4 is 0 Å². The zero-order chi connectivity index (χ0) is 10.1. The van der Waals surface area contributed by atoms with Crippen molar-refractivity contribution in [2.45, 2.75) is 18.9 Å². The summed E-state index contributed by atoms with van der Waals surface area (Å²) in [5.41, 5.74) is 0.879. The Morgan fingerprint density at radius 2 is 2.07 bits per heavy atom. The second kappa shape index (κ2) is 3.65. The van der Waals surface area contributed by atoms with Crippen molar-refractivity contribution in [2.24, 2.45) is 0 Å². The van der Waals surface area contributed by atoms with E-state index >= 15 is 0 Å². The van der Waals surface area contributed by atoms with Crippen LogP contribution in [-0.2, 0) is 0 Å². The van der Waals surface area contributed by atoms with Gasteiger partial charge in [-0.3, -0.25) is 4.90 Å². The lowest BCUT2D eigenvalue weighted by Crippen LogP contribution is -2.17. The molecule has 0 radical (unpaired) electrons. The number of hydrogen-bond acceptors (Lipinski definition) is 1. The maximum absolute atomic E-state index is 13.0. The van der Waals surface area contributed by atoms with Gasteiger partial charge in [-0.1, -0.05) is 6.07 Å². The Balaban J connectivity index is 2.28. The molecule has 1 saturated heterocycles. The molecule has 1 heterocycles. The van der Waals surface area contributed by atoms with E-state index in [0.717, 1.165) is 24.9 Å².